The molecular weight excluding hydrogens is 579 g/mol. The molecule has 1 aliphatic carbocycles. The van der Waals surface area contributed by atoms with E-state index in [1.807, 2.05) is 17.8 Å². The Labute approximate surface area is 265 Å². The number of hydrogen-bond donors (Lipinski definition) is 3. The second-order valence-electron chi connectivity index (χ2n) is 12.3. The summed E-state index contributed by atoms with van der Waals surface area (Å²) >= 11 is 3.51. The molecule has 0 spiro atoms. The molecule has 1 saturated carbocycles. The Hall–Kier alpha value is -2.43. The minimum atomic E-state index is -0.742. The number of rotatable bonds is 14. The number of nitrogens with zero attached hydrogens (tertiary/aromatic N) is 2. The number of carbonyl (C=O) groups is 3. The zero-order valence-corrected chi connectivity index (χ0v) is 27.7. The summed E-state index contributed by atoms with van der Waals surface area (Å²) in [4.78, 5) is 46.3. The fourth-order valence-corrected chi connectivity index (χ4v) is 7.92. The first kappa shape index (κ1) is 33.5. The fraction of sp³-hybridized carbons (Fsp3) is 0.636. The molecule has 0 bridgehead atoms. The highest BCUT2D eigenvalue weighted by Crippen LogP contribution is 2.28. The summed E-state index contributed by atoms with van der Waals surface area (Å²) < 4.78 is 1.09. The molecule has 2 fully saturated rings. The van der Waals surface area contributed by atoms with E-state index >= 15 is 0 Å². The van der Waals surface area contributed by atoms with E-state index in [0.29, 0.717) is 43.3 Å². The van der Waals surface area contributed by atoms with Crippen molar-refractivity contribution in [1.82, 2.24) is 25.8 Å². The monoisotopic (exact) mass is 627 g/mol. The van der Waals surface area contributed by atoms with Gasteiger partial charge in [-0.3, -0.25) is 19.3 Å². The van der Waals surface area contributed by atoms with Crippen LogP contribution in [-0.2, 0) is 20.8 Å². The largest absolute Gasteiger partial charge is 0.350 e. The van der Waals surface area contributed by atoms with Crippen molar-refractivity contribution < 1.29 is 14.4 Å². The van der Waals surface area contributed by atoms with Gasteiger partial charge in [0.05, 0.1) is 15.2 Å². The molecular formula is C33H49N5O3S2. The molecule has 0 unspecified atom stereocenters. The smallest absolute Gasteiger partial charge is 0.247 e. The molecule has 3 N–H and O–H groups in total. The highest BCUT2D eigenvalue weighted by Gasteiger charge is 2.27. The normalized spacial score (nSPS) is 17.9. The van der Waals surface area contributed by atoms with E-state index in [1.165, 1.54) is 24.8 Å². The van der Waals surface area contributed by atoms with Crippen molar-refractivity contribution in [3.63, 3.8) is 0 Å². The molecule has 0 radical (unpaired) electrons. The lowest BCUT2D eigenvalue weighted by molar-refractivity contribution is -0.129. The summed E-state index contributed by atoms with van der Waals surface area (Å²) in [6, 6.07) is 5.33. The van der Waals surface area contributed by atoms with Gasteiger partial charge in [-0.25, -0.2) is 4.98 Å². The lowest BCUT2D eigenvalue weighted by Crippen LogP contribution is -2.53. The SMILES string of the molecule is C=C(CN1CCSCC1)C(=O)NC[C@H](CC1CCCCC1)NC(=O)[C@H](Cc1nc2ccc(C(C)C)cc2s1)NC(=O)CC. The van der Waals surface area contributed by atoms with Crippen LogP contribution >= 0.6 is 23.1 Å². The van der Waals surface area contributed by atoms with E-state index in [2.05, 4.69) is 53.4 Å². The minimum absolute atomic E-state index is 0.160. The number of benzene rings is 1. The van der Waals surface area contributed by atoms with Gasteiger partial charge in [-0.2, -0.15) is 11.8 Å². The van der Waals surface area contributed by atoms with Gasteiger partial charge in [-0.05, 0) is 36.0 Å². The second-order valence-corrected chi connectivity index (χ2v) is 14.7. The average molecular weight is 628 g/mol. The van der Waals surface area contributed by atoms with Gasteiger partial charge in [0.1, 0.15) is 6.04 Å². The van der Waals surface area contributed by atoms with Gasteiger partial charge in [0, 0.05) is 62.1 Å². The van der Waals surface area contributed by atoms with Crippen molar-refractivity contribution in [2.75, 3.05) is 37.7 Å². The van der Waals surface area contributed by atoms with Crippen molar-refractivity contribution >= 4 is 51.0 Å². The predicted octanol–water partition coefficient (Wildman–Crippen LogP) is 5.03. The summed E-state index contributed by atoms with van der Waals surface area (Å²) in [5.41, 5.74) is 2.72. The molecule has 8 nitrogen and oxygen atoms in total. The Kier molecular flexibility index (Phi) is 12.9. The van der Waals surface area contributed by atoms with Gasteiger partial charge in [0.25, 0.3) is 0 Å². The molecule has 2 heterocycles. The molecule has 1 aromatic carbocycles. The van der Waals surface area contributed by atoms with Crippen LogP contribution in [0.3, 0.4) is 0 Å². The van der Waals surface area contributed by atoms with Gasteiger partial charge >= 0.3 is 0 Å². The lowest BCUT2D eigenvalue weighted by atomic mass is 9.84. The molecule has 1 aromatic heterocycles. The van der Waals surface area contributed by atoms with Gasteiger partial charge < -0.3 is 16.0 Å². The summed E-state index contributed by atoms with van der Waals surface area (Å²) in [5, 5.41) is 10.0. The maximum absolute atomic E-state index is 13.8. The number of aromatic nitrogens is 1. The van der Waals surface area contributed by atoms with Crippen LogP contribution < -0.4 is 16.0 Å². The molecule has 4 rings (SSSR count). The summed E-state index contributed by atoms with van der Waals surface area (Å²) in [7, 11) is 0. The molecule has 2 aromatic rings. The molecule has 1 saturated heterocycles. The van der Waals surface area contributed by atoms with E-state index in [1.54, 1.807) is 18.3 Å². The third kappa shape index (κ3) is 10.3. The molecule has 236 valence electrons. The number of thiazole rings is 1. The molecule has 1 aliphatic heterocycles. The van der Waals surface area contributed by atoms with Crippen LogP contribution in [0.1, 0.15) is 82.2 Å². The van der Waals surface area contributed by atoms with Crippen LogP contribution in [0.4, 0.5) is 0 Å². The number of thioether (sulfide) groups is 1. The summed E-state index contributed by atoms with van der Waals surface area (Å²) in [5.74, 6) is 2.52. The first-order chi connectivity index (χ1) is 20.7. The maximum atomic E-state index is 13.8. The van der Waals surface area contributed by atoms with Crippen molar-refractivity contribution in [3.05, 3.63) is 40.9 Å². The van der Waals surface area contributed by atoms with Gasteiger partial charge in [-0.1, -0.05) is 65.5 Å². The Morgan fingerprint density at radius 3 is 2.53 bits per heavy atom. The highest BCUT2D eigenvalue weighted by molar-refractivity contribution is 7.99. The first-order valence-corrected chi connectivity index (χ1v) is 17.9. The standard InChI is InChI=1S/C33H49N5O3S2/c1-5-30(39)36-28(19-31-37-27-12-11-25(22(2)3)18-29(27)43-31)33(41)35-26(17-24-9-7-6-8-10-24)20-34-32(40)23(4)21-38-13-15-42-16-14-38/h11-12,18,22,24,26,28H,4-10,13-17,19-21H2,1-3H3,(H,34,40)(H,35,41)(H,36,39)/t26-,28-/m0/s1. The maximum Gasteiger partial charge on any atom is 0.247 e. The van der Waals surface area contributed by atoms with Crippen LogP contribution in [0, 0.1) is 5.92 Å². The molecule has 3 amide bonds. The van der Waals surface area contributed by atoms with E-state index < -0.39 is 6.04 Å². The van der Waals surface area contributed by atoms with E-state index in [9.17, 15) is 14.4 Å². The number of amides is 3. The Bertz CT molecular complexity index is 1250. The van der Waals surface area contributed by atoms with E-state index in [4.69, 9.17) is 4.98 Å². The lowest BCUT2D eigenvalue weighted by Gasteiger charge is -2.29. The third-order valence-electron chi connectivity index (χ3n) is 8.51. The van der Waals surface area contributed by atoms with Crippen LogP contribution in [0.2, 0.25) is 0 Å². The Balaban J connectivity index is 1.43. The quantitative estimate of drug-likeness (QED) is 0.254. The molecule has 2 aliphatic rings. The third-order valence-corrected chi connectivity index (χ3v) is 10.5. The second kappa shape index (κ2) is 16.6. The molecule has 43 heavy (non-hydrogen) atoms. The van der Waals surface area contributed by atoms with Crippen molar-refractivity contribution in [3.8, 4) is 0 Å². The van der Waals surface area contributed by atoms with Gasteiger partial charge in [0.2, 0.25) is 17.7 Å². The van der Waals surface area contributed by atoms with Gasteiger partial charge in [-0.15, -0.1) is 11.3 Å². The summed E-state index contributed by atoms with van der Waals surface area (Å²) in [6.45, 7) is 13.0. The number of nitrogens with one attached hydrogen (secondary N) is 3. The van der Waals surface area contributed by atoms with Crippen LogP contribution in [-0.4, -0.2) is 77.4 Å². The molecule has 2 atom stereocenters. The van der Waals surface area contributed by atoms with Gasteiger partial charge in [0.15, 0.2) is 0 Å². The summed E-state index contributed by atoms with van der Waals surface area (Å²) in [6.07, 6.45) is 7.35. The van der Waals surface area contributed by atoms with E-state index in [-0.39, 0.29) is 23.8 Å². The van der Waals surface area contributed by atoms with Crippen molar-refractivity contribution in [1.29, 1.82) is 0 Å². The fourth-order valence-electron chi connectivity index (χ4n) is 5.88. The van der Waals surface area contributed by atoms with Crippen molar-refractivity contribution in [2.24, 2.45) is 5.92 Å². The average Bonchev–Trinajstić information content (AvgIpc) is 3.41. The first-order valence-electron chi connectivity index (χ1n) is 16.0. The molecule has 10 heteroatoms. The van der Waals surface area contributed by atoms with Crippen molar-refractivity contribution in [2.45, 2.75) is 90.1 Å². The van der Waals surface area contributed by atoms with Crippen LogP contribution in [0.15, 0.2) is 30.4 Å². The Morgan fingerprint density at radius 1 is 1.09 bits per heavy atom. The number of fused-ring (bicyclic) bond motifs is 1. The predicted molar refractivity (Wildman–Crippen MR) is 179 cm³/mol. The topological polar surface area (TPSA) is 103 Å². The number of hydrogen-bond acceptors (Lipinski definition) is 7. The zero-order valence-electron chi connectivity index (χ0n) is 26.1. The minimum Gasteiger partial charge on any atom is -0.350 e. The highest BCUT2D eigenvalue weighted by atomic mass is 32.2. The number of carbonyl (C=O) groups excluding carboxylic acids is 3. The van der Waals surface area contributed by atoms with Crippen LogP contribution in [0.5, 0.6) is 0 Å². The zero-order chi connectivity index (χ0) is 30.8. The van der Waals surface area contributed by atoms with Crippen LogP contribution in [0.25, 0.3) is 10.2 Å². The van der Waals surface area contributed by atoms with E-state index in [0.717, 1.165) is 59.1 Å². The Morgan fingerprint density at radius 2 is 1.84 bits per heavy atom.